The maximum atomic E-state index is 12.9. The van der Waals surface area contributed by atoms with Crippen molar-refractivity contribution >= 4 is 23.7 Å². The van der Waals surface area contributed by atoms with Gasteiger partial charge in [-0.3, -0.25) is 14.4 Å². The van der Waals surface area contributed by atoms with Gasteiger partial charge < -0.3 is 37.0 Å². The maximum Gasteiger partial charge on any atom is 0.328 e. The molecule has 0 aliphatic carbocycles. The molecular formula is C20H38N4O7. The first-order valence-corrected chi connectivity index (χ1v) is 10.4. The first kappa shape index (κ1) is 28.8. The molecule has 0 aliphatic rings. The van der Waals surface area contributed by atoms with E-state index in [2.05, 4.69) is 16.0 Å². The molecule has 0 bridgehead atoms. The summed E-state index contributed by atoms with van der Waals surface area (Å²) in [5.74, 6) is -3.51. The highest BCUT2D eigenvalue weighted by molar-refractivity contribution is 5.94. The van der Waals surface area contributed by atoms with E-state index in [1.807, 2.05) is 27.7 Å². The van der Waals surface area contributed by atoms with Crippen molar-refractivity contribution in [2.75, 3.05) is 0 Å². The van der Waals surface area contributed by atoms with Crippen LogP contribution in [0.5, 0.6) is 0 Å². The highest BCUT2D eigenvalue weighted by Crippen LogP contribution is 2.10. The van der Waals surface area contributed by atoms with Gasteiger partial charge in [-0.05, 0) is 38.5 Å². The number of nitrogens with two attached hydrogens (primary N) is 1. The minimum absolute atomic E-state index is 0.0165. The fraction of sp³-hybridized carbons (Fsp3) is 0.800. The number of carbonyl (C=O) groups excluding carboxylic acids is 3. The molecule has 0 spiro atoms. The van der Waals surface area contributed by atoms with Crippen molar-refractivity contribution in [2.24, 2.45) is 17.6 Å². The standard InChI is InChI=1S/C20H38N4O7/c1-9(2)7-13(23-19(29)15(21)11(5)25)17(27)22-14(8-10(3)4)18(28)24-16(12(6)26)20(30)31/h9-16,25-26H,7-8,21H2,1-6H3,(H,22,27)(H,23,29)(H,24,28)(H,30,31). The number of rotatable bonds is 13. The quantitative estimate of drug-likeness (QED) is 0.182. The summed E-state index contributed by atoms with van der Waals surface area (Å²) < 4.78 is 0. The van der Waals surface area contributed by atoms with Gasteiger partial charge >= 0.3 is 5.97 Å². The highest BCUT2D eigenvalue weighted by atomic mass is 16.4. The van der Waals surface area contributed by atoms with E-state index in [-0.39, 0.29) is 24.7 Å². The lowest BCUT2D eigenvalue weighted by atomic mass is 9.99. The van der Waals surface area contributed by atoms with Gasteiger partial charge in [0.1, 0.15) is 18.1 Å². The molecule has 0 fully saturated rings. The van der Waals surface area contributed by atoms with Crippen molar-refractivity contribution in [3.63, 3.8) is 0 Å². The van der Waals surface area contributed by atoms with Crippen LogP contribution >= 0.6 is 0 Å². The van der Waals surface area contributed by atoms with Gasteiger partial charge in [-0.15, -0.1) is 0 Å². The number of carboxylic acids is 1. The predicted molar refractivity (Wildman–Crippen MR) is 114 cm³/mol. The third-order valence-electron chi connectivity index (χ3n) is 4.55. The van der Waals surface area contributed by atoms with Crippen molar-refractivity contribution in [1.29, 1.82) is 0 Å². The lowest BCUT2D eigenvalue weighted by Crippen LogP contribution is -2.59. The largest absolute Gasteiger partial charge is 0.480 e. The number of hydrogen-bond donors (Lipinski definition) is 7. The normalized spacial score (nSPS) is 17.3. The Balaban J connectivity index is 5.51. The van der Waals surface area contributed by atoms with Crippen LogP contribution in [0.1, 0.15) is 54.4 Å². The monoisotopic (exact) mass is 446 g/mol. The van der Waals surface area contributed by atoms with Crippen LogP contribution in [-0.4, -0.2) is 75.4 Å². The Bertz CT molecular complexity index is 623. The van der Waals surface area contributed by atoms with Gasteiger partial charge in [-0.25, -0.2) is 4.79 Å². The molecule has 6 unspecified atom stereocenters. The summed E-state index contributed by atoms with van der Waals surface area (Å²) in [6.07, 6.45) is -1.99. The molecule has 11 nitrogen and oxygen atoms in total. The molecule has 180 valence electrons. The summed E-state index contributed by atoms with van der Waals surface area (Å²) in [6.45, 7) is 9.93. The summed E-state index contributed by atoms with van der Waals surface area (Å²) in [5.41, 5.74) is 5.63. The topological polar surface area (TPSA) is 191 Å². The number of aliphatic hydroxyl groups is 2. The van der Waals surface area contributed by atoms with E-state index in [1.54, 1.807) is 0 Å². The molecule has 0 aromatic rings. The Morgan fingerprint density at radius 1 is 0.710 bits per heavy atom. The highest BCUT2D eigenvalue weighted by Gasteiger charge is 2.32. The van der Waals surface area contributed by atoms with Gasteiger partial charge in [0.25, 0.3) is 0 Å². The fourth-order valence-electron chi connectivity index (χ4n) is 2.81. The number of aliphatic hydroxyl groups excluding tert-OH is 2. The lowest BCUT2D eigenvalue weighted by Gasteiger charge is -2.27. The van der Waals surface area contributed by atoms with E-state index < -0.39 is 60.1 Å². The van der Waals surface area contributed by atoms with Gasteiger partial charge in [0.05, 0.1) is 12.2 Å². The van der Waals surface area contributed by atoms with Crippen LogP contribution in [0.2, 0.25) is 0 Å². The second-order valence-electron chi connectivity index (χ2n) is 8.71. The molecule has 31 heavy (non-hydrogen) atoms. The van der Waals surface area contributed by atoms with Crippen LogP contribution < -0.4 is 21.7 Å². The molecule has 6 atom stereocenters. The summed E-state index contributed by atoms with van der Waals surface area (Å²) >= 11 is 0. The zero-order valence-electron chi connectivity index (χ0n) is 19.1. The Morgan fingerprint density at radius 3 is 1.42 bits per heavy atom. The van der Waals surface area contributed by atoms with Crippen LogP contribution in [0.15, 0.2) is 0 Å². The van der Waals surface area contributed by atoms with Crippen LogP contribution in [0.4, 0.5) is 0 Å². The summed E-state index contributed by atoms with van der Waals surface area (Å²) in [4.78, 5) is 49.0. The van der Waals surface area contributed by atoms with Crippen LogP contribution in [-0.2, 0) is 19.2 Å². The van der Waals surface area contributed by atoms with Crippen LogP contribution in [0.25, 0.3) is 0 Å². The van der Waals surface area contributed by atoms with Gasteiger partial charge in [-0.2, -0.15) is 0 Å². The maximum absolute atomic E-state index is 12.9. The average molecular weight is 447 g/mol. The first-order valence-electron chi connectivity index (χ1n) is 10.4. The van der Waals surface area contributed by atoms with E-state index in [0.717, 1.165) is 0 Å². The zero-order valence-corrected chi connectivity index (χ0v) is 19.1. The molecule has 0 saturated heterocycles. The molecule has 0 rings (SSSR count). The van der Waals surface area contributed by atoms with Gasteiger partial charge in [0, 0.05) is 0 Å². The molecule has 8 N–H and O–H groups in total. The van der Waals surface area contributed by atoms with E-state index in [9.17, 15) is 34.5 Å². The second kappa shape index (κ2) is 13.2. The molecular weight excluding hydrogens is 408 g/mol. The Hall–Kier alpha value is -2.24. The van der Waals surface area contributed by atoms with Crippen molar-refractivity contribution < 1.29 is 34.5 Å². The molecule has 3 amide bonds. The number of carboxylic acid groups (broad SMARTS) is 1. The Labute approximate surface area is 183 Å². The van der Waals surface area contributed by atoms with Crippen LogP contribution in [0, 0.1) is 11.8 Å². The van der Waals surface area contributed by atoms with Gasteiger partial charge in [-0.1, -0.05) is 27.7 Å². The van der Waals surface area contributed by atoms with Crippen LogP contribution in [0.3, 0.4) is 0 Å². The van der Waals surface area contributed by atoms with Crippen molar-refractivity contribution in [3.05, 3.63) is 0 Å². The molecule has 0 aliphatic heterocycles. The molecule has 0 aromatic heterocycles. The van der Waals surface area contributed by atoms with Crippen molar-refractivity contribution in [1.82, 2.24) is 16.0 Å². The Morgan fingerprint density at radius 2 is 1.10 bits per heavy atom. The number of amides is 3. The average Bonchev–Trinajstić information content (AvgIpc) is 2.62. The van der Waals surface area contributed by atoms with Gasteiger partial charge in [0.2, 0.25) is 17.7 Å². The summed E-state index contributed by atoms with van der Waals surface area (Å²) in [6, 6.07) is -4.84. The van der Waals surface area contributed by atoms with E-state index in [1.165, 1.54) is 13.8 Å². The summed E-state index contributed by atoms with van der Waals surface area (Å²) in [7, 11) is 0. The number of nitrogens with one attached hydrogen (secondary N) is 3. The van der Waals surface area contributed by atoms with Crippen molar-refractivity contribution in [3.8, 4) is 0 Å². The number of aliphatic carboxylic acids is 1. The lowest BCUT2D eigenvalue weighted by molar-refractivity contribution is -0.145. The van der Waals surface area contributed by atoms with Gasteiger partial charge in [0.15, 0.2) is 6.04 Å². The molecule has 0 heterocycles. The predicted octanol–water partition coefficient (Wildman–Crippen LogP) is -1.29. The fourth-order valence-corrected chi connectivity index (χ4v) is 2.81. The van der Waals surface area contributed by atoms with E-state index in [4.69, 9.17) is 5.73 Å². The minimum Gasteiger partial charge on any atom is -0.480 e. The molecule has 11 heteroatoms. The zero-order chi connectivity index (χ0) is 24.5. The Kier molecular flexibility index (Phi) is 12.3. The summed E-state index contributed by atoms with van der Waals surface area (Å²) in [5, 5.41) is 35.6. The number of carbonyl (C=O) groups is 4. The number of hydrogen-bond acceptors (Lipinski definition) is 7. The molecule has 0 aromatic carbocycles. The minimum atomic E-state index is -1.53. The molecule has 0 saturated carbocycles. The SMILES string of the molecule is CC(C)CC(NC(=O)C(CC(C)C)NC(=O)C(N)C(C)O)C(=O)NC(C(=O)O)C(C)O. The van der Waals surface area contributed by atoms with E-state index in [0.29, 0.717) is 0 Å². The third kappa shape index (κ3) is 10.6. The van der Waals surface area contributed by atoms with E-state index >= 15 is 0 Å². The smallest absolute Gasteiger partial charge is 0.328 e. The third-order valence-corrected chi connectivity index (χ3v) is 4.55. The van der Waals surface area contributed by atoms with Crippen molar-refractivity contribution in [2.45, 2.75) is 90.8 Å². The molecule has 0 radical (unpaired) electrons. The first-order chi connectivity index (χ1) is 14.2. The second-order valence-corrected chi connectivity index (χ2v) is 8.71.